The molecule has 0 aliphatic carbocycles. The Morgan fingerprint density at radius 1 is 1.00 bits per heavy atom. The zero-order chi connectivity index (χ0) is 20.6. The highest BCUT2D eigenvalue weighted by atomic mass is 32.2. The van der Waals surface area contributed by atoms with Gasteiger partial charge in [0.2, 0.25) is 21.8 Å². The minimum absolute atomic E-state index is 0.0835. The van der Waals surface area contributed by atoms with Crippen molar-refractivity contribution in [3.8, 4) is 0 Å². The Balaban J connectivity index is 2.44. The first kappa shape index (κ1) is 22.0. The number of primary sulfonamides is 1. The highest BCUT2D eigenvalue weighted by molar-refractivity contribution is 7.89. The number of carbonyl (C=O) groups excluding carboxylic acids is 3. The van der Waals surface area contributed by atoms with Crippen molar-refractivity contribution in [2.75, 3.05) is 19.7 Å². The average molecular weight is 402 g/mol. The number of hydrogen-bond acceptors (Lipinski definition) is 7. The number of aliphatic hydroxyl groups is 1. The number of hydrogen-bond donors (Lipinski definition) is 6. The lowest BCUT2D eigenvalue weighted by Gasteiger charge is -2.12. The molecule has 0 saturated carbocycles. The van der Waals surface area contributed by atoms with E-state index >= 15 is 0 Å². The van der Waals surface area contributed by atoms with Crippen LogP contribution in [0.2, 0.25) is 0 Å². The summed E-state index contributed by atoms with van der Waals surface area (Å²) in [5.41, 5.74) is 0.0835. The van der Waals surface area contributed by atoms with Crippen LogP contribution in [0.15, 0.2) is 29.2 Å². The Morgan fingerprint density at radius 3 is 2.04 bits per heavy atom. The molecule has 0 aromatic heterocycles. The van der Waals surface area contributed by atoms with E-state index in [1.165, 1.54) is 12.1 Å². The minimum atomic E-state index is -3.89. The Labute approximate surface area is 153 Å². The van der Waals surface area contributed by atoms with Gasteiger partial charge >= 0.3 is 5.97 Å². The molecule has 1 aromatic rings. The molecule has 0 bridgehead atoms. The second-order valence-corrected chi connectivity index (χ2v) is 6.73. The van der Waals surface area contributed by atoms with Gasteiger partial charge in [0, 0.05) is 5.56 Å². The van der Waals surface area contributed by atoms with Crippen LogP contribution in [0, 0.1) is 0 Å². The number of carboxylic acids is 1. The van der Waals surface area contributed by atoms with Gasteiger partial charge in [0.05, 0.1) is 24.6 Å². The first-order chi connectivity index (χ1) is 12.5. The lowest BCUT2D eigenvalue weighted by atomic mass is 10.2. The summed E-state index contributed by atoms with van der Waals surface area (Å²) in [6, 6.07) is 3.20. The molecule has 1 rings (SSSR count). The van der Waals surface area contributed by atoms with Gasteiger partial charge in [-0.3, -0.25) is 14.4 Å². The van der Waals surface area contributed by atoms with Crippen LogP contribution in [0.25, 0.3) is 0 Å². The first-order valence-electron chi connectivity index (χ1n) is 7.35. The Hall–Kier alpha value is -3.03. The molecule has 12 nitrogen and oxygen atoms in total. The first-order valence-corrected chi connectivity index (χ1v) is 8.90. The maximum atomic E-state index is 11.9. The number of carboxylic acid groups (broad SMARTS) is 1. The number of aliphatic carboxylic acids is 1. The molecule has 0 aliphatic rings. The van der Waals surface area contributed by atoms with Crippen molar-refractivity contribution in [3.63, 3.8) is 0 Å². The van der Waals surface area contributed by atoms with Gasteiger partial charge in [-0.25, -0.2) is 18.4 Å². The van der Waals surface area contributed by atoms with Crippen LogP contribution in [-0.2, 0) is 24.4 Å². The number of nitrogens with one attached hydrogen (secondary N) is 3. The van der Waals surface area contributed by atoms with Crippen LogP contribution in [0.1, 0.15) is 10.4 Å². The molecule has 148 valence electrons. The largest absolute Gasteiger partial charge is 0.480 e. The van der Waals surface area contributed by atoms with Crippen LogP contribution in [0.5, 0.6) is 0 Å². The van der Waals surface area contributed by atoms with E-state index < -0.39 is 59.5 Å². The fraction of sp³-hybridized carbons (Fsp3) is 0.286. The summed E-state index contributed by atoms with van der Waals surface area (Å²) >= 11 is 0. The molecule has 0 fully saturated rings. The Kier molecular flexibility index (Phi) is 7.83. The number of rotatable bonds is 9. The summed E-state index contributed by atoms with van der Waals surface area (Å²) in [6.07, 6.45) is 0. The number of carbonyl (C=O) groups is 4. The van der Waals surface area contributed by atoms with Crippen LogP contribution < -0.4 is 21.1 Å². The fourth-order valence-electron chi connectivity index (χ4n) is 1.73. The summed E-state index contributed by atoms with van der Waals surface area (Å²) in [6.45, 7) is -1.84. The van der Waals surface area contributed by atoms with Crippen LogP contribution in [-0.4, -0.2) is 68.1 Å². The van der Waals surface area contributed by atoms with Gasteiger partial charge in [-0.1, -0.05) is 0 Å². The third kappa shape index (κ3) is 7.39. The Bertz CT molecular complexity index is 822. The summed E-state index contributed by atoms with van der Waals surface area (Å²) in [7, 11) is -3.89. The molecule has 0 saturated heterocycles. The summed E-state index contributed by atoms with van der Waals surface area (Å²) in [4.78, 5) is 45.4. The number of benzene rings is 1. The van der Waals surface area contributed by atoms with E-state index in [0.29, 0.717) is 0 Å². The third-order valence-electron chi connectivity index (χ3n) is 3.12. The molecule has 0 spiro atoms. The number of sulfonamides is 1. The quantitative estimate of drug-likeness (QED) is 0.247. The van der Waals surface area contributed by atoms with E-state index in [0.717, 1.165) is 12.1 Å². The van der Waals surface area contributed by atoms with E-state index in [2.05, 4.69) is 10.6 Å². The van der Waals surface area contributed by atoms with Gasteiger partial charge in [0.15, 0.2) is 0 Å². The van der Waals surface area contributed by atoms with Gasteiger partial charge in [-0.05, 0) is 24.3 Å². The molecule has 0 heterocycles. The van der Waals surface area contributed by atoms with Gasteiger partial charge in [0.1, 0.15) is 6.04 Å². The van der Waals surface area contributed by atoms with E-state index in [9.17, 15) is 27.6 Å². The molecule has 1 aromatic carbocycles. The lowest BCUT2D eigenvalue weighted by molar-refractivity contribution is -0.142. The molecule has 13 heteroatoms. The normalized spacial score (nSPS) is 11.9. The number of amides is 3. The molecule has 7 N–H and O–H groups in total. The summed E-state index contributed by atoms with van der Waals surface area (Å²) in [5, 5.41) is 28.8. The van der Waals surface area contributed by atoms with Crippen molar-refractivity contribution in [1.82, 2.24) is 16.0 Å². The number of aliphatic hydroxyl groups excluding tert-OH is 1. The minimum Gasteiger partial charge on any atom is -0.480 e. The lowest BCUT2D eigenvalue weighted by Crippen LogP contribution is -2.48. The van der Waals surface area contributed by atoms with Crippen molar-refractivity contribution < 1.29 is 37.8 Å². The summed E-state index contributed by atoms with van der Waals surface area (Å²) in [5.74, 6) is -3.66. The van der Waals surface area contributed by atoms with E-state index in [1.54, 1.807) is 0 Å². The van der Waals surface area contributed by atoms with Crippen molar-refractivity contribution in [3.05, 3.63) is 29.8 Å². The van der Waals surface area contributed by atoms with Gasteiger partial charge < -0.3 is 26.2 Å². The highest BCUT2D eigenvalue weighted by Crippen LogP contribution is 2.08. The monoisotopic (exact) mass is 402 g/mol. The zero-order valence-corrected chi connectivity index (χ0v) is 14.7. The Morgan fingerprint density at radius 2 is 1.56 bits per heavy atom. The predicted molar refractivity (Wildman–Crippen MR) is 89.8 cm³/mol. The fourth-order valence-corrected chi connectivity index (χ4v) is 2.25. The van der Waals surface area contributed by atoms with Gasteiger partial charge in [-0.2, -0.15) is 0 Å². The smallest absolute Gasteiger partial charge is 0.328 e. The SMILES string of the molecule is NS(=O)(=O)c1ccc(C(=O)NCC(=O)NCC(=O)N[C@@H](CO)C(=O)O)cc1. The molecule has 0 radical (unpaired) electrons. The molecule has 0 aliphatic heterocycles. The topological polar surface area (TPSA) is 205 Å². The van der Waals surface area contributed by atoms with E-state index in [4.69, 9.17) is 15.4 Å². The van der Waals surface area contributed by atoms with Gasteiger partial charge in [0.25, 0.3) is 5.91 Å². The van der Waals surface area contributed by atoms with E-state index in [1.807, 2.05) is 5.32 Å². The number of nitrogens with two attached hydrogens (primary N) is 1. The molecule has 27 heavy (non-hydrogen) atoms. The molecular formula is C14H18N4O8S. The van der Waals surface area contributed by atoms with Crippen LogP contribution in [0.3, 0.4) is 0 Å². The van der Waals surface area contributed by atoms with Crippen molar-refractivity contribution >= 4 is 33.7 Å². The third-order valence-corrected chi connectivity index (χ3v) is 4.05. The van der Waals surface area contributed by atoms with Crippen LogP contribution >= 0.6 is 0 Å². The van der Waals surface area contributed by atoms with Crippen molar-refractivity contribution in [2.45, 2.75) is 10.9 Å². The molecule has 0 unspecified atom stereocenters. The predicted octanol–water partition coefficient (Wildman–Crippen LogP) is -3.26. The zero-order valence-electron chi connectivity index (χ0n) is 13.8. The highest BCUT2D eigenvalue weighted by Gasteiger charge is 2.19. The van der Waals surface area contributed by atoms with Crippen molar-refractivity contribution in [2.24, 2.45) is 5.14 Å². The molecule has 1 atom stereocenters. The maximum absolute atomic E-state index is 11.9. The van der Waals surface area contributed by atoms with Crippen LogP contribution in [0.4, 0.5) is 0 Å². The average Bonchev–Trinajstić information content (AvgIpc) is 2.61. The standard InChI is InChI=1S/C14H18N4O8S/c15-27(25,26)9-3-1-8(2-4-9)13(22)17-5-11(20)16-6-12(21)18-10(7-19)14(23)24/h1-4,10,19H,5-7H2,(H,16,20)(H,17,22)(H,18,21)(H,23,24)(H2,15,25,26)/t10-/m0/s1. The molecule has 3 amide bonds. The summed E-state index contributed by atoms with van der Waals surface area (Å²) < 4.78 is 22.2. The second-order valence-electron chi connectivity index (χ2n) is 5.17. The van der Waals surface area contributed by atoms with E-state index in [-0.39, 0.29) is 10.5 Å². The van der Waals surface area contributed by atoms with Crippen molar-refractivity contribution in [1.29, 1.82) is 0 Å². The maximum Gasteiger partial charge on any atom is 0.328 e. The van der Waals surface area contributed by atoms with Gasteiger partial charge in [-0.15, -0.1) is 0 Å². The second kappa shape index (κ2) is 9.61. The molecular weight excluding hydrogens is 384 g/mol.